The molecule has 2 aromatic carbocycles. The number of carbonyl (C=O) groups is 2. The van der Waals surface area contributed by atoms with E-state index in [4.69, 9.17) is 9.47 Å². The second-order valence-electron chi connectivity index (χ2n) is 7.70. The first-order chi connectivity index (χ1) is 14.5. The maximum Gasteiger partial charge on any atom is 0.295 e. The summed E-state index contributed by atoms with van der Waals surface area (Å²) in [5, 5.41) is 11.1. The van der Waals surface area contributed by atoms with Crippen LogP contribution in [-0.2, 0) is 20.7 Å². The highest BCUT2D eigenvalue weighted by molar-refractivity contribution is 6.46. The molecule has 0 saturated carbocycles. The molecular weight excluding hydrogens is 382 g/mol. The lowest BCUT2D eigenvalue weighted by atomic mass is 9.94. The molecule has 2 atom stereocenters. The Balaban J connectivity index is 1.78. The van der Waals surface area contributed by atoms with Crippen molar-refractivity contribution in [2.75, 3.05) is 20.3 Å². The zero-order chi connectivity index (χ0) is 21.3. The van der Waals surface area contributed by atoms with Crippen LogP contribution in [0.3, 0.4) is 0 Å². The van der Waals surface area contributed by atoms with Gasteiger partial charge in [0.05, 0.1) is 11.6 Å². The van der Waals surface area contributed by atoms with Crippen LogP contribution < -0.4 is 4.74 Å². The van der Waals surface area contributed by atoms with Gasteiger partial charge in [0.25, 0.3) is 11.7 Å². The van der Waals surface area contributed by atoms with Crippen molar-refractivity contribution in [3.63, 3.8) is 0 Å². The molecule has 1 fully saturated rings. The number of nitrogens with zero attached hydrogens (tertiary/aromatic N) is 1. The minimum absolute atomic E-state index is 0.0769. The van der Waals surface area contributed by atoms with E-state index >= 15 is 0 Å². The number of benzene rings is 2. The maximum atomic E-state index is 13.0. The SMILES string of the molecule is COCCCN1C(=O)C(=O)/C(=C(\O)c2ccc3c(c2)CC(C)O3)C1c1ccccc1. The standard InChI is InChI=1S/C24H25NO5/c1-15-13-18-14-17(9-10-19(18)30-15)22(26)20-21(16-7-4-3-5-8-16)25(11-6-12-29-2)24(28)23(20)27/h3-5,7-10,14-15,21,26H,6,11-13H2,1-2H3/b22-20-. The Morgan fingerprint density at radius 1 is 1.20 bits per heavy atom. The molecule has 4 rings (SSSR count). The number of amides is 1. The number of aliphatic hydroxyl groups is 1. The molecule has 1 saturated heterocycles. The summed E-state index contributed by atoms with van der Waals surface area (Å²) >= 11 is 0. The fraction of sp³-hybridized carbons (Fsp3) is 0.333. The van der Waals surface area contributed by atoms with Crippen molar-refractivity contribution in [3.05, 3.63) is 70.8 Å². The highest BCUT2D eigenvalue weighted by Crippen LogP contribution is 2.40. The predicted molar refractivity (Wildman–Crippen MR) is 112 cm³/mol. The third-order valence-corrected chi connectivity index (χ3v) is 5.57. The molecular formula is C24H25NO5. The molecule has 0 aromatic heterocycles. The summed E-state index contributed by atoms with van der Waals surface area (Å²) in [6.07, 6.45) is 1.42. The molecule has 0 spiro atoms. The molecule has 2 aromatic rings. The number of carbonyl (C=O) groups excluding carboxylic acids is 2. The van der Waals surface area contributed by atoms with Crippen molar-refractivity contribution in [2.24, 2.45) is 0 Å². The Bertz CT molecular complexity index is 998. The average molecular weight is 407 g/mol. The summed E-state index contributed by atoms with van der Waals surface area (Å²) in [5.74, 6) is -0.624. The lowest BCUT2D eigenvalue weighted by Crippen LogP contribution is -2.31. The molecule has 2 unspecified atom stereocenters. The van der Waals surface area contributed by atoms with E-state index in [1.165, 1.54) is 4.90 Å². The number of rotatable bonds is 6. The summed E-state index contributed by atoms with van der Waals surface area (Å²) < 4.78 is 10.8. The normalized spacial score (nSPS) is 22.3. The summed E-state index contributed by atoms with van der Waals surface area (Å²) in [5.41, 5.74) is 2.41. The second kappa shape index (κ2) is 8.32. The Labute approximate surface area is 175 Å². The Kier molecular flexibility index (Phi) is 5.59. The molecule has 1 N–H and O–H groups in total. The first-order valence-electron chi connectivity index (χ1n) is 10.1. The number of aliphatic hydroxyl groups excluding tert-OH is 1. The third-order valence-electron chi connectivity index (χ3n) is 5.57. The molecule has 1 amide bonds. The van der Waals surface area contributed by atoms with Crippen LogP contribution in [0.15, 0.2) is 54.1 Å². The minimum atomic E-state index is -0.663. The van der Waals surface area contributed by atoms with E-state index in [1.54, 1.807) is 19.2 Å². The van der Waals surface area contributed by atoms with E-state index in [9.17, 15) is 14.7 Å². The van der Waals surface area contributed by atoms with Crippen LogP contribution in [0, 0.1) is 0 Å². The van der Waals surface area contributed by atoms with Crippen LogP contribution >= 0.6 is 0 Å². The van der Waals surface area contributed by atoms with Crippen molar-refractivity contribution in [3.8, 4) is 5.75 Å². The van der Waals surface area contributed by atoms with E-state index in [0.29, 0.717) is 25.1 Å². The van der Waals surface area contributed by atoms with Crippen molar-refractivity contribution < 1.29 is 24.2 Å². The molecule has 6 heteroatoms. The van der Waals surface area contributed by atoms with Crippen LogP contribution in [0.4, 0.5) is 0 Å². The summed E-state index contributed by atoms with van der Waals surface area (Å²) in [4.78, 5) is 27.3. The second-order valence-corrected chi connectivity index (χ2v) is 7.70. The van der Waals surface area contributed by atoms with Gasteiger partial charge in [-0.1, -0.05) is 30.3 Å². The number of fused-ring (bicyclic) bond motifs is 1. The van der Waals surface area contributed by atoms with Crippen molar-refractivity contribution >= 4 is 17.4 Å². The van der Waals surface area contributed by atoms with Crippen LogP contribution in [0.5, 0.6) is 5.75 Å². The Hall–Kier alpha value is -3.12. The van der Waals surface area contributed by atoms with Gasteiger partial charge in [-0.3, -0.25) is 9.59 Å². The number of hydrogen-bond acceptors (Lipinski definition) is 5. The molecule has 30 heavy (non-hydrogen) atoms. The molecule has 156 valence electrons. The van der Waals surface area contributed by atoms with Gasteiger partial charge in [0.2, 0.25) is 0 Å². The number of likely N-dealkylation sites (tertiary alicyclic amines) is 1. The van der Waals surface area contributed by atoms with Crippen molar-refractivity contribution in [2.45, 2.75) is 31.9 Å². The van der Waals surface area contributed by atoms with Gasteiger partial charge < -0.3 is 19.5 Å². The number of Topliss-reactive ketones (excluding diaryl/α,β-unsaturated/α-hetero) is 1. The van der Waals surface area contributed by atoms with Crippen LogP contribution in [0.25, 0.3) is 5.76 Å². The number of hydrogen-bond donors (Lipinski definition) is 1. The first-order valence-corrected chi connectivity index (χ1v) is 10.1. The van der Waals surface area contributed by atoms with Crippen LogP contribution in [-0.4, -0.2) is 48.1 Å². The van der Waals surface area contributed by atoms with Crippen LogP contribution in [0.2, 0.25) is 0 Å². The molecule has 6 nitrogen and oxygen atoms in total. The minimum Gasteiger partial charge on any atom is -0.507 e. The summed E-state index contributed by atoms with van der Waals surface area (Å²) in [7, 11) is 1.60. The van der Waals surface area contributed by atoms with E-state index in [-0.39, 0.29) is 17.4 Å². The quantitative estimate of drug-likeness (QED) is 0.343. The van der Waals surface area contributed by atoms with Crippen molar-refractivity contribution in [1.29, 1.82) is 0 Å². The Morgan fingerprint density at radius 3 is 2.70 bits per heavy atom. The zero-order valence-corrected chi connectivity index (χ0v) is 17.1. The van der Waals surface area contributed by atoms with E-state index < -0.39 is 17.7 Å². The van der Waals surface area contributed by atoms with Gasteiger partial charge in [0.15, 0.2) is 0 Å². The van der Waals surface area contributed by atoms with Gasteiger partial charge in [0, 0.05) is 32.2 Å². The summed E-state index contributed by atoms with van der Waals surface area (Å²) in [6.45, 7) is 2.83. The summed E-state index contributed by atoms with van der Waals surface area (Å²) in [6, 6.07) is 14.1. The zero-order valence-electron chi connectivity index (χ0n) is 17.1. The predicted octanol–water partition coefficient (Wildman–Crippen LogP) is 3.47. The highest BCUT2D eigenvalue weighted by Gasteiger charge is 2.45. The molecule has 2 heterocycles. The van der Waals surface area contributed by atoms with Gasteiger partial charge >= 0.3 is 0 Å². The largest absolute Gasteiger partial charge is 0.507 e. The lowest BCUT2D eigenvalue weighted by Gasteiger charge is -2.25. The van der Waals surface area contributed by atoms with Crippen molar-refractivity contribution in [1.82, 2.24) is 4.90 Å². The van der Waals surface area contributed by atoms with E-state index in [1.807, 2.05) is 43.3 Å². The van der Waals surface area contributed by atoms with E-state index in [0.717, 1.165) is 23.3 Å². The van der Waals surface area contributed by atoms with Gasteiger partial charge in [-0.25, -0.2) is 0 Å². The Morgan fingerprint density at radius 2 is 1.97 bits per heavy atom. The third kappa shape index (κ3) is 3.59. The highest BCUT2D eigenvalue weighted by atomic mass is 16.5. The van der Waals surface area contributed by atoms with Gasteiger partial charge in [0.1, 0.15) is 17.6 Å². The lowest BCUT2D eigenvalue weighted by molar-refractivity contribution is -0.140. The first kappa shape index (κ1) is 20.2. The molecule has 0 bridgehead atoms. The molecule has 0 aliphatic carbocycles. The monoisotopic (exact) mass is 407 g/mol. The van der Waals surface area contributed by atoms with Crippen LogP contribution in [0.1, 0.15) is 36.1 Å². The fourth-order valence-electron chi connectivity index (χ4n) is 4.20. The van der Waals surface area contributed by atoms with Gasteiger partial charge in [-0.05, 0) is 42.7 Å². The average Bonchev–Trinajstić information content (AvgIpc) is 3.25. The van der Waals surface area contributed by atoms with E-state index in [2.05, 4.69) is 0 Å². The van der Waals surface area contributed by atoms with Gasteiger partial charge in [-0.15, -0.1) is 0 Å². The number of ketones is 1. The number of ether oxygens (including phenoxy) is 2. The topological polar surface area (TPSA) is 76.1 Å². The molecule has 2 aliphatic heterocycles. The number of methoxy groups -OCH3 is 1. The fourth-order valence-corrected chi connectivity index (χ4v) is 4.20. The smallest absolute Gasteiger partial charge is 0.295 e. The maximum absolute atomic E-state index is 13.0. The van der Waals surface area contributed by atoms with Gasteiger partial charge in [-0.2, -0.15) is 0 Å². The molecule has 0 radical (unpaired) electrons. The molecule has 2 aliphatic rings.